The van der Waals surface area contributed by atoms with Crippen LogP contribution in [-0.4, -0.2) is 35.1 Å². The minimum Gasteiger partial charge on any atom is -0.496 e. The van der Waals surface area contributed by atoms with Crippen molar-refractivity contribution in [1.82, 2.24) is 15.0 Å². The molecule has 7 heteroatoms. The van der Waals surface area contributed by atoms with Crippen molar-refractivity contribution in [2.75, 3.05) is 14.2 Å². The van der Waals surface area contributed by atoms with Crippen molar-refractivity contribution in [2.45, 2.75) is 18.4 Å². The molecule has 1 fully saturated rings. The number of benzene rings is 2. The first-order valence-electron chi connectivity index (χ1n) is 8.56. The molecule has 0 radical (unpaired) electrons. The SMILES string of the molecule is COc1ccccc1-c1noc([C@H]2CC(=O)N(C)[C@@H]2c2cccc(Cl)c2)n1. The molecule has 6 nitrogen and oxygen atoms in total. The maximum Gasteiger partial charge on any atom is 0.233 e. The first-order chi connectivity index (χ1) is 13.1. The zero-order chi connectivity index (χ0) is 19.0. The molecule has 0 aliphatic carbocycles. The van der Waals surface area contributed by atoms with E-state index in [-0.39, 0.29) is 17.9 Å². The predicted molar refractivity (Wildman–Crippen MR) is 101 cm³/mol. The molecule has 0 spiro atoms. The van der Waals surface area contributed by atoms with E-state index in [1.165, 1.54) is 0 Å². The predicted octanol–water partition coefficient (Wildman–Crippen LogP) is 4.09. The lowest BCUT2D eigenvalue weighted by molar-refractivity contribution is -0.127. The van der Waals surface area contributed by atoms with Gasteiger partial charge >= 0.3 is 0 Å². The molecule has 1 aliphatic heterocycles. The third-order valence-electron chi connectivity index (χ3n) is 4.88. The molecule has 1 aliphatic rings. The van der Waals surface area contributed by atoms with Gasteiger partial charge in [-0.2, -0.15) is 4.98 Å². The summed E-state index contributed by atoms with van der Waals surface area (Å²) in [5.41, 5.74) is 1.69. The second-order valence-corrected chi connectivity index (χ2v) is 6.91. The third kappa shape index (κ3) is 3.17. The second-order valence-electron chi connectivity index (χ2n) is 6.47. The summed E-state index contributed by atoms with van der Waals surface area (Å²) in [6.45, 7) is 0. The van der Waals surface area contributed by atoms with Gasteiger partial charge < -0.3 is 14.2 Å². The van der Waals surface area contributed by atoms with Crippen molar-refractivity contribution < 1.29 is 14.1 Å². The molecule has 1 saturated heterocycles. The summed E-state index contributed by atoms with van der Waals surface area (Å²) in [6.07, 6.45) is 0.307. The summed E-state index contributed by atoms with van der Waals surface area (Å²) in [7, 11) is 3.38. The van der Waals surface area contributed by atoms with Crippen LogP contribution in [0, 0.1) is 0 Å². The van der Waals surface area contributed by atoms with E-state index in [1.807, 2.05) is 48.5 Å². The van der Waals surface area contributed by atoms with E-state index in [4.69, 9.17) is 20.9 Å². The van der Waals surface area contributed by atoms with Gasteiger partial charge in [0.25, 0.3) is 0 Å². The van der Waals surface area contributed by atoms with E-state index in [2.05, 4.69) is 10.1 Å². The maximum atomic E-state index is 12.4. The summed E-state index contributed by atoms with van der Waals surface area (Å²) in [5, 5.41) is 4.74. The molecule has 1 aromatic heterocycles. The molecule has 0 bridgehead atoms. The fourth-order valence-electron chi connectivity index (χ4n) is 3.56. The van der Waals surface area contributed by atoms with Gasteiger partial charge in [0, 0.05) is 18.5 Å². The maximum absolute atomic E-state index is 12.4. The molecule has 27 heavy (non-hydrogen) atoms. The van der Waals surface area contributed by atoms with Crippen LogP contribution in [0.4, 0.5) is 0 Å². The molecule has 2 aromatic carbocycles. The Morgan fingerprint density at radius 3 is 2.81 bits per heavy atom. The number of halogens is 1. The number of likely N-dealkylation sites (tertiary alicyclic amines) is 1. The highest BCUT2D eigenvalue weighted by molar-refractivity contribution is 6.30. The Kier molecular flexibility index (Phi) is 4.58. The van der Waals surface area contributed by atoms with Crippen LogP contribution in [0.15, 0.2) is 53.1 Å². The van der Waals surface area contributed by atoms with E-state index >= 15 is 0 Å². The summed E-state index contributed by atoms with van der Waals surface area (Å²) < 4.78 is 10.9. The van der Waals surface area contributed by atoms with Crippen molar-refractivity contribution in [3.63, 3.8) is 0 Å². The number of hydrogen-bond donors (Lipinski definition) is 0. The Morgan fingerprint density at radius 1 is 1.22 bits per heavy atom. The molecule has 0 saturated carbocycles. The van der Waals surface area contributed by atoms with Crippen molar-refractivity contribution in [3.05, 3.63) is 65.0 Å². The number of carbonyl (C=O) groups is 1. The van der Waals surface area contributed by atoms with E-state index in [0.29, 0.717) is 28.9 Å². The Hall–Kier alpha value is -2.86. The van der Waals surface area contributed by atoms with Crippen molar-refractivity contribution in [1.29, 1.82) is 0 Å². The molecule has 0 N–H and O–H groups in total. The zero-order valence-corrected chi connectivity index (χ0v) is 15.7. The van der Waals surface area contributed by atoms with Crippen molar-refractivity contribution >= 4 is 17.5 Å². The monoisotopic (exact) mass is 383 g/mol. The lowest BCUT2D eigenvalue weighted by atomic mass is 9.93. The van der Waals surface area contributed by atoms with Crippen LogP contribution in [0.3, 0.4) is 0 Å². The number of para-hydroxylation sites is 1. The summed E-state index contributed by atoms with van der Waals surface area (Å²) in [4.78, 5) is 18.7. The molecule has 138 valence electrons. The Labute approximate surface area is 161 Å². The van der Waals surface area contributed by atoms with Crippen molar-refractivity contribution in [3.8, 4) is 17.1 Å². The fraction of sp³-hybridized carbons (Fsp3) is 0.250. The van der Waals surface area contributed by atoms with E-state index in [1.54, 1.807) is 19.1 Å². The summed E-state index contributed by atoms with van der Waals surface area (Å²) in [5.74, 6) is 1.32. The van der Waals surface area contributed by atoms with Crippen LogP contribution in [0.5, 0.6) is 5.75 Å². The average Bonchev–Trinajstić information content (AvgIpc) is 3.27. The number of likely N-dealkylation sites (N-methyl/N-ethyl adjacent to an activating group) is 1. The molecule has 2 heterocycles. The molecule has 2 atom stereocenters. The highest BCUT2D eigenvalue weighted by atomic mass is 35.5. The summed E-state index contributed by atoms with van der Waals surface area (Å²) in [6, 6.07) is 14.8. The molecule has 4 rings (SSSR count). The molecule has 0 unspecified atom stereocenters. The van der Waals surface area contributed by atoms with Gasteiger partial charge in [-0.25, -0.2) is 0 Å². The quantitative estimate of drug-likeness (QED) is 0.678. The lowest BCUT2D eigenvalue weighted by Gasteiger charge is -2.23. The van der Waals surface area contributed by atoms with Crippen molar-refractivity contribution in [2.24, 2.45) is 0 Å². The molecular weight excluding hydrogens is 366 g/mol. The van der Waals surface area contributed by atoms with Gasteiger partial charge in [0.05, 0.1) is 24.6 Å². The number of hydrogen-bond acceptors (Lipinski definition) is 5. The zero-order valence-electron chi connectivity index (χ0n) is 14.9. The number of aromatic nitrogens is 2. The van der Waals surface area contributed by atoms with Crippen LogP contribution in [-0.2, 0) is 4.79 Å². The Bertz CT molecular complexity index is 988. The number of carbonyl (C=O) groups excluding carboxylic acids is 1. The smallest absolute Gasteiger partial charge is 0.233 e. The molecular formula is C20H18ClN3O3. The topological polar surface area (TPSA) is 68.5 Å². The molecule has 3 aromatic rings. The van der Waals surface area contributed by atoms with E-state index in [9.17, 15) is 4.79 Å². The average molecular weight is 384 g/mol. The van der Waals surface area contributed by atoms with Gasteiger partial charge in [0.2, 0.25) is 17.6 Å². The summed E-state index contributed by atoms with van der Waals surface area (Å²) >= 11 is 6.15. The van der Waals surface area contributed by atoms with Gasteiger partial charge in [-0.3, -0.25) is 4.79 Å². The highest BCUT2D eigenvalue weighted by Crippen LogP contribution is 2.44. The number of amides is 1. The standard InChI is InChI=1S/C20H18ClN3O3/c1-24-17(25)11-15(18(24)12-6-5-7-13(21)10-12)20-22-19(23-27-20)14-8-3-4-9-16(14)26-2/h3-10,15,18H,11H2,1-2H3/t15-,18+/m0/s1. The minimum absolute atomic E-state index is 0.0296. The van der Waals surface area contributed by atoms with Crippen LogP contribution in [0.2, 0.25) is 5.02 Å². The van der Waals surface area contributed by atoms with Gasteiger partial charge in [-0.05, 0) is 29.8 Å². The number of ether oxygens (including phenoxy) is 1. The number of nitrogens with zero attached hydrogens (tertiary/aromatic N) is 3. The van der Waals surface area contributed by atoms with Gasteiger partial charge in [0.1, 0.15) is 5.75 Å². The van der Waals surface area contributed by atoms with E-state index in [0.717, 1.165) is 11.1 Å². The first kappa shape index (κ1) is 17.5. The molecule has 1 amide bonds. The number of rotatable bonds is 4. The van der Waals surface area contributed by atoms with Crippen LogP contribution in [0.25, 0.3) is 11.4 Å². The van der Waals surface area contributed by atoms with Gasteiger partial charge in [-0.1, -0.05) is 41.0 Å². The third-order valence-corrected chi connectivity index (χ3v) is 5.12. The highest BCUT2D eigenvalue weighted by Gasteiger charge is 2.42. The normalized spacial score (nSPS) is 19.5. The van der Waals surface area contributed by atoms with Crippen LogP contribution < -0.4 is 4.74 Å². The number of methoxy groups -OCH3 is 1. The fourth-order valence-corrected chi connectivity index (χ4v) is 3.76. The van der Waals surface area contributed by atoms with Crippen LogP contribution in [0.1, 0.15) is 29.8 Å². The van der Waals surface area contributed by atoms with Gasteiger partial charge in [0.15, 0.2) is 0 Å². The van der Waals surface area contributed by atoms with Gasteiger partial charge in [-0.15, -0.1) is 0 Å². The first-order valence-corrected chi connectivity index (χ1v) is 8.94. The van der Waals surface area contributed by atoms with E-state index < -0.39 is 0 Å². The minimum atomic E-state index is -0.239. The Morgan fingerprint density at radius 2 is 2.04 bits per heavy atom. The lowest BCUT2D eigenvalue weighted by Crippen LogP contribution is -2.24. The Balaban J connectivity index is 1.72. The largest absolute Gasteiger partial charge is 0.496 e. The van der Waals surface area contributed by atoms with Crippen LogP contribution >= 0.6 is 11.6 Å². The second kappa shape index (κ2) is 7.04.